The topological polar surface area (TPSA) is 58.6 Å². The fourth-order valence-corrected chi connectivity index (χ4v) is 5.45. The monoisotopic (exact) mass is 423 g/mol. The molecule has 2 aromatic rings. The Morgan fingerprint density at radius 2 is 1.58 bits per heavy atom. The summed E-state index contributed by atoms with van der Waals surface area (Å²) in [6.45, 7) is 4.75. The third-order valence-electron chi connectivity index (χ3n) is 7.69. The maximum absolute atomic E-state index is 11.6. The Bertz CT molecular complexity index is 882. The first kappa shape index (κ1) is 22.3. The zero-order chi connectivity index (χ0) is 21.7. The number of rotatable bonds is 11. The van der Waals surface area contributed by atoms with E-state index in [-0.39, 0.29) is 5.54 Å². The number of benzene rings is 2. The van der Waals surface area contributed by atoms with E-state index in [1.165, 1.54) is 28.3 Å². The zero-order valence-corrected chi connectivity index (χ0v) is 18.9. The van der Waals surface area contributed by atoms with E-state index < -0.39 is 11.4 Å². The largest absolute Gasteiger partial charge is 0.481 e. The van der Waals surface area contributed by atoms with Gasteiger partial charge in [0.25, 0.3) is 0 Å². The molecule has 3 aliphatic rings. The number of ether oxygens (including phenoxy) is 1. The average Bonchev–Trinajstić information content (AvgIpc) is 2.81. The lowest BCUT2D eigenvalue weighted by Gasteiger charge is -2.51. The summed E-state index contributed by atoms with van der Waals surface area (Å²) in [5.41, 5.74) is 2.41. The van der Waals surface area contributed by atoms with Gasteiger partial charge in [-0.05, 0) is 92.2 Å². The number of nitrogens with one attached hydrogen (secondary N) is 1. The summed E-state index contributed by atoms with van der Waals surface area (Å²) in [4.78, 5) is 11.6. The molecule has 2 bridgehead atoms. The van der Waals surface area contributed by atoms with Crippen molar-refractivity contribution >= 4 is 16.7 Å². The normalized spacial score (nSPS) is 25.2. The molecule has 4 nitrogen and oxygen atoms in total. The van der Waals surface area contributed by atoms with Crippen LogP contribution in [0.4, 0.5) is 0 Å². The number of fused-ring (bicyclic) bond motifs is 4. The zero-order valence-electron chi connectivity index (χ0n) is 18.9. The molecule has 4 heteroatoms. The van der Waals surface area contributed by atoms with Gasteiger partial charge in [-0.1, -0.05) is 37.3 Å². The first-order valence-electron chi connectivity index (χ1n) is 12.1. The number of carboxylic acids is 1. The highest BCUT2D eigenvalue weighted by atomic mass is 16.5. The third kappa shape index (κ3) is 5.12. The number of aliphatic carboxylic acids is 1. The number of unbranched alkanes of at least 4 members (excludes halogenated alkanes) is 1. The van der Waals surface area contributed by atoms with E-state index in [4.69, 9.17) is 4.74 Å². The highest BCUT2D eigenvalue weighted by molar-refractivity contribution is 5.83. The third-order valence-corrected chi connectivity index (χ3v) is 7.69. The van der Waals surface area contributed by atoms with Gasteiger partial charge < -0.3 is 15.2 Å². The van der Waals surface area contributed by atoms with Crippen LogP contribution in [0.2, 0.25) is 0 Å². The van der Waals surface area contributed by atoms with E-state index in [9.17, 15) is 9.90 Å². The van der Waals surface area contributed by atoms with Crippen LogP contribution in [0, 0.1) is 5.41 Å². The molecule has 0 aliphatic heterocycles. The lowest BCUT2D eigenvalue weighted by molar-refractivity contribution is -0.156. The molecule has 3 aliphatic carbocycles. The summed E-state index contributed by atoms with van der Waals surface area (Å²) in [6.07, 6.45) is 9.91. The van der Waals surface area contributed by atoms with Crippen LogP contribution in [0.15, 0.2) is 36.4 Å². The summed E-state index contributed by atoms with van der Waals surface area (Å²) in [7, 11) is 0. The van der Waals surface area contributed by atoms with Gasteiger partial charge in [-0.2, -0.15) is 0 Å². The Kier molecular flexibility index (Phi) is 6.98. The molecule has 0 amide bonds. The predicted octanol–water partition coefficient (Wildman–Crippen LogP) is 5.86. The van der Waals surface area contributed by atoms with Crippen LogP contribution in [0.25, 0.3) is 10.8 Å². The molecule has 0 radical (unpaired) electrons. The number of carboxylic acid groups (broad SMARTS) is 1. The van der Waals surface area contributed by atoms with Gasteiger partial charge in [-0.3, -0.25) is 4.79 Å². The quantitative estimate of drug-likeness (QED) is 0.445. The van der Waals surface area contributed by atoms with Gasteiger partial charge in [-0.25, -0.2) is 0 Å². The van der Waals surface area contributed by atoms with Crippen LogP contribution in [-0.2, 0) is 22.5 Å². The molecule has 0 heterocycles. The molecule has 0 unspecified atom stereocenters. The maximum Gasteiger partial charge on any atom is 0.309 e. The van der Waals surface area contributed by atoms with Crippen molar-refractivity contribution in [2.45, 2.75) is 83.2 Å². The minimum Gasteiger partial charge on any atom is -0.481 e. The van der Waals surface area contributed by atoms with Crippen molar-refractivity contribution in [2.24, 2.45) is 5.41 Å². The fourth-order valence-electron chi connectivity index (χ4n) is 5.45. The number of aryl methyl sites for hydroxylation is 1. The first-order chi connectivity index (χ1) is 15.0. The van der Waals surface area contributed by atoms with Gasteiger partial charge in [0.05, 0.1) is 5.41 Å². The lowest BCUT2D eigenvalue weighted by Crippen LogP contribution is -2.56. The summed E-state index contributed by atoms with van der Waals surface area (Å²) < 4.78 is 5.57. The second kappa shape index (κ2) is 9.70. The molecule has 2 aromatic carbocycles. The molecule has 3 saturated carbocycles. The highest BCUT2D eigenvalue weighted by Crippen LogP contribution is 2.52. The van der Waals surface area contributed by atoms with Crippen molar-refractivity contribution in [1.29, 1.82) is 0 Å². The smallest absolute Gasteiger partial charge is 0.309 e. The Balaban J connectivity index is 1.30. The molecular formula is C27H37NO3. The van der Waals surface area contributed by atoms with E-state index >= 15 is 0 Å². The minimum atomic E-state index is -0.584. The minimum absolute atomic E-state index is 0.136. The molecule has 0 spiro atoms. The molecule has 2 N–H and O–H groups in total. The van der Waals surface area contributed by atoms with E-state index in [2.05, 4.69) is 48.6 Å². The van der Waals surface area contributed by atoms with Gasteiger partial charge in [0.2, 0.25) is 0 Å². The summed E-state index contributed by atoms with van der Waals surface area (Å²) in [5, 5.41) is 16.0. The fraction of sp³-hybridized carbons (Fsp3) is 0.593. The molecule has 0 aromatic heterocycles. The Morgan fingerprint density at radius 3 is 2.23 bits per heavy atom. The molecule has 3 fully saturated rings. The van der Waals surface area contributed by atoms with Gasteiger partial charge in [0.1, 0.15) is 0 Å². The number of carbonyl (C=O) groups is 1. The van der Waals surface area contributed by atoms with Crippen molar-refractivity contribution in [3.8, 4) is 0 Å². The van der Waals surface area contributed by atoms with Crippen LogP contribution in [0.1, 0.15) is 75.8 Å². The summed E-state index contributed by atoms with van der Waals surface area (Å²) in [5.74, 6) is -0.584. The molecular weight excluding hydrogens is 386 g/mol. The standard InChI is InChI=1S/C27H37NO3/c1-2-16-31-17-4-3-5-21-6-8-24-19-22(7-9-23(24)18-21)20-28-27-13-10-26(11-14-27,12-15-27)25(29)30/h6-9,18-19,28H,2-5,10-17,20H2,1H3,(H,29,30). The molecule has 5 rings (SSSR count). The van der Waals surface area contributed by atoms with E-state index in [0.29, 0.717) is 0 Å². The van der Waals surface area contributed by atoms with Crippen molar-refractivity contribution in [1.82, 2.24) is 5.32 Å². The van der Waals surface area contributed by atoms with E-state index in [0.717, 1.165) is 77.5 Å². The lowest BCUT2D eigenvalue weighted by atomic mass is 9.57. The molecule has 168 valence electrons. The highest BCUT2D eigenvalue weighted by Gasteiger charge is 2.52. The average molecular weight is 424 g/mol. The second-order valence-corrected chi connectivity index (χ2v) is 9.80. The van der Waals surface area contributed by atoms with Crippen molar-refractivity contribution < 1.29 is 14.6 Å². The van der Waals surface area contributed by atoms with Crippen LogP contribution in [0.5, 0.6) is 0 Å². The SMILES string of the molecule is CCCOCCCCc1ccc2cc(CNC34CCC(C(=O)O)(CC3)CC4)ccc2c1. The van der Waals surface area contributed by atoms with Gasteiger partial charge in [0, 0.05) is 25.3 Å². The predicted molar refractivity (Wildman–Crippen MR) is 125 cm³/mol. The Hall–Kier alpha value is -1.91. The summed E-state index contributed by atoms with van der Waals surface area (Å²) in [6, 6.07) is 13.6. The van der Waals surface area contributed by atoms with Gasteiger partial charge >= 0.3 is 5.97 Å². The van der Waals surface area contributed by atoms with E-state index in [1.54, 1.807) is 0 Å². The van der Waals surface area contributed by atoms with Gasteiger partial charge in [-0.15, -0.1) is 0 Å². The van der Waals surface area contributed by atoms with Crippen molar-refractivity contribution in [2.75, 3.05) is 13.2 Å². The van der Waals surface area contributed by atoms with Crippen molar-refractivity contribution in [3.05, 3.63) is 47.5 Å². The van der Waals surface area contributed by atoms with Gasteiger partial charge in [0.15, 0.2) is 0 Å². The molecule has 0 atom stereocenters. The summed E-state index contributed by atoms with van der Waals surface area (Å²) >= 11 is 0. The molecule has 0 saturated heterocycles. The Labute approximate surface area is 186 Å². The maximum atomic E-state index is 11.6. The van der Waals surface area contributed by atoms with Crippen LogP contribution >= 0.6 is 0 Å². The van der Waals surface area contributed by atoms with Crippen LogP contribution in [0.3, 0.4) is 0 Å². The van der Waals surface area contributed by atoms with E-state index in [1.807, 2.05) is 0 Å². The van der Waals surface area contributed by atoms with Crippen LogP contribution < -0.4 is 5.32 Å². The van der Waals surface area contributed by atoms with Crippen LogP contribution in [-0.4, -0.2) is 29.8 Å². The molecule has 31 heavy (non-hydrogen) atoms. The number of hydrogen-bond donors (Lipinski definition) is 2. The first-order valence-corrected chi connectivity index (χ1v) is 12.1. The second-order valence-electron chi connectivity index (χ2n) is 9.80. The van der Waals surface area contributed by atoms with Crippen molar-refractivity contribution in [3.63, 3.8) is 0 Å². The Morgan fingerprint density at radius 1 is 0.935 bits per heavy atom. The number of hydrogen-bond acceptors (Lipinski definition) is 3.